The van der Waals surface area contributed by atoms with Crippen molar-refractivity contribution in [2.75, 3.05) is 12.4 Å². The van der Waals surface area contributed by atoms with Gasteiger partial charge in [0.1, 0.15) is 0 Å². The summed E-state index contributed by atoms with van der Waals surface area (Å²) in [6.45, 7) is 2.42. The first kappa shape index (κ1) is 17.0. The second kappa shape index (κ2) is 8.28. The molecule has 0 spiro atoms. The SMILES string of the molecule is CCc1nc(CNC(=O)Nc2ccccc2CC(=O)NC)cs1. The molecule has 0 aliphatic heterocycles. The molecule has 6 nitrogen and oxygen atoms in total. The minimum atomic E-state index is -0.319. The number of aromatic nitrogens is 1. The number of urea groups is 1. The average molecular weight is 332 g/mol. The number of benzene rings is 1. The first-order valence-electron chi connectivity index (χ1n) is 7.39. The Morgan fingerprint density at radius 2 is 2.04 bits per heavy atom. The van der Waals surface area contributed by atoms with Crippen LogP contribution >= 0.6 is 11.3 Å². The lowest BCUT2D eigenvalue weighted by Crippen LogP contribution is -2.29. The number of likely N-dealkylation sites (N-methyl/N-ethyl adjacent to an activating group) is 1. The molecule has 0 unspecified atom stereocenters. The van der Waals surface area contributed by atoms with Crippen LogP contribution in [0.2, 0.25) is 0 Å². The Morgan fingerprint density at radius 3 is 2.74 bits per heavy atom. The maximum atomic E-state index is 12.0. The van der Waals surface area contributed by atoms with E-state index in [1.165, 1.54) is 0 Å². The van der Waals surface area contributed by atoms with E-state index in [9.17, 15) is 9.59 Å². The monoisotopic (exact) mass is 332 g/mol. The first-order chi connectivity index (χ1) is 11.1. The van der Waals surface area contributed by atoms with Gasteiger partial charge in [-0.05, 0) is 18.1 Å². The topological polar surface area (TPSA) is 83.1 Å². The maximum Gasteiger partial charge on any atom is 0.319 e. The lowest BCUT2D eigenvalue weighted by Gasteiger charge is -2.11. The van der Waals surface area contributed by atoms with Crippen molar-refractivity contribution in [3.63, 3.8) is 0 Å². The van der Waals surface area contributed by atoms with E-state index in [2.05, 4.69) is 20.9 Å². The lowest BCUT2D eigenvalue weighted by molar-refractivity contribution is -0.119. The molecule has 2 aromatic rings. The molecule has 1 aromatic carbocycles. The fourth-order valence-corrected chi connectivity index (χ4v) is 2.73. The molecule has 122 valence electrons. The molecule has 0 radical (unpaired) electrons. The van der Waals surface area contributed by atoms with Crippen molar-refractivity contribution in [1.82, 2.24) is 15.6 Å². The molecule has 0 fully saturated rings. The molecule has 0 aliphatic carbocycles. The number of carbonyl (C=O) groups excluding carboxylic acids is 2. The van der Waals surface area contributed by atoms with Gasteiger partial charge < -0.3 is 16.0 Å². The van der Waals surface area contributed by atoms with Gasteiger partial charge in [0.25, 0.3) is 0 Å². The quantitative estimate of drug-likeness (QED) is 0.759. The van der Waals surface area contributed by atoms with Crippen LogP contribution in [-0.4, -0.2) is 24.0 Å². The number of hydrogen-bond acceptors (Lipinski definition) is 4. The molecule has 1 heterocycles. The van der Waals surface area contributed by atoms with Crippen molar-refractivity contribution in [3.05, 3.63) is 45.9 Å². The van der Waals surface area contributed by atoms with Crippen LogP contribution in [0.3, 0.4) is 0 Å². The lowest BCUT2D eigenvalue weighted by atomic mass is 10.1. The third-order valence-corrected chi connectivity index (χ3v) is 4.27. The molecule has 0 saturated heterocycles. The Morgan fingerprint density at radius 1 is 1.26 bits per heavy atom. The standard InChI is InChI=1S/C16H20N4O2S/c1-3-15-19-12(10-23-15)9-18-16(22)20-13-7-5-4-6-11(13)8-14(21)17-2/h4-7,10H,3,8-9H2,1-2H3,(H,17,21)(H2,18,20,22). The van der Waals surface area contributed by atoms with Gasteiger partial charge in [0.05, 0.1) is 23.7 Å². The van der Waals surface area contributed by atoms with E-state index in [1.54, 1.807) is 24.5 Å². The summed E-state index contributed by atoms with van der Waals surface area (Å²) in [7, 11) is 1.59. The number of nitrogens with zero attached hydrogens (tertiary/aromatic N) is 1. The van der Waals surface area contributed by atoms with Crippen LogP contribution in [0.15, 0.2) is 29.6 Å². The molecule has 0 bridgehead atoms. The highest BCUT2D eigenvalue weighted by Crippen LogP contribution is 2.15. The zero-order valence-electron chi connectivity index (χ0n) is 13.2. The third-order valence-electron chi connectivity index (χ3n) is 3.23. The summed E-state index contributed by atoms with van der Waals surface area (Å²) in [6, 6.07) is 6.93. The van der Waals surface area contributed by atoms with Gasteiger partial charge in [-0.25, -0.2) is 9.78 Å². The van der Waals surface area contributed by atoms with Crippen molar-refractivity contribution < 1.29 is 9.59 Å². The van der Waals surface area contributed by atoms with E-state index >= 15 is 0 Å². The third kappa shape index (κ3) is 5.07. The minimum absolute atomic E-state index is 0.103. The summed E-state index contributed by atoms with van der Waals surface area (Å²) in [6.07, 6.45) is 1.11. The molecule has 3 N–H and O–H groups in total. The van der Waals surface area contributed by atoms with Crippen LogP contribution in [0.1, 0.15) is 23.2 Å². The number of carbonyl (C=O) groups is 2. The molecule has 23 heavy (non-hydrogen) atoms. The van der Waals surface area contributed by atoms with Gasteiger partial charge in [-0.2, -0.15) is 0 Å². The predicted octanol–water partition coefficient (Wildman–Crippen LogP) is 2.32. The van der Waals surface area contributed by atoms with Crippen LogP contribution in [0.5, 0.6) is 0 Å². The van der Waals surface area contributed by atoms with E-state index in [-0.39, 0.29) is 18.4 Å². The van der Waals surface area contributed by atoms with Crippen molar-refractivity contribution in [1.29, 1.82) is 0 Å². The maximum absolute atomic E-state index is 12.0. The highest BCUT2D eigenvalue weighted by atomic mass is 32.1. The Labute approximate surface area is 139 Å². The Balaban J connectivity index is 1.93. The molecule has 0 atom stereocenters. The van der Waals surface area contributed by atoms with Gasteiger partial charge in [-0.3, -0.25) is 4.79 Å². The largest absolute Gasteiger partial charge is 0.359 e. The normalized spacial score (nSPS) is 10.2. The molecule has 0 saturated carbocycles. The Bertz CT molecular complexity index is 684. The van der Waals surface area contributed by atoms with Crippen molar-refractivity contribution >= 4 is 29.0 Å². The molecule has 7 heteroatoms. The van der Waals surface area contributed by atoms with Crippen LogP contribution < -0.4 is 16.0 Å². The smallest absolute Gasteiger partial charge is 0.319 e. The zero-order valence-corrected chi connectivity index (χ0v) is 14.0. The Hall–Kier alpha value is -2.41. The van der Waals surface area contributed by atoms with E-state index in [0.29, 0.717) is 12.2 Å². The number of para-hydroxylation sites is 1. The van der Waals surface area contributed by atoms with Gasteiger partial charge in [-0.15, -0.1) is 11.3 Å². The minimum Gasteiger partial charge on any atom is -0.359 e. The van der Waals surface area contributed by atoms with Crippen LogP contribution in [0.25, 0.3) is 0 Å². The van der Waals surface area contributed by atoms with Gasteiger partial charge >= 0.3 is 6.03 Å². The molecular formula is C16H20N4O2S. The number of thiazole rings is 1. The predicted molar refractivity (Wildman–Crippen MR) is 91.6 cm³/mol. The zero-order chi connectivity index (χ0) is 16.7. The highest BCUT2D eigenvalue weighted by molar-refractivity contribution is 7.09. The van der Waals surface area contributed by atoms with Gasteiger partial charge in [0, 0.05) is 18.1 Å². The van der Waals surface area contributed by atoms with Crippen molar-refractivity contribution in [3.8, 4) is 0 Å². The summed E-state index contributed by atoms with van der Waals surface area (Å²) < 4.78 is 0. The molecule has 3 amide bonds. The van der Waals surface area contributed by atoms with Crippen LogP contribution in [-0.2, 0) is 24.2 Å². The fraction of sp³-hybridized carbons (Fsp3) is 0.312. The summed E-state index contributed by atoms with van der Waals surface area (Å²) in [5, 5.41) is 11.1. The number of nitrogens with one attached hydrogen (secondary N) is 3. The second-order valence-corrected chi connectivity index (χ2v) is 5.84. The van der Waals surface area contributed by atoms with E-state index in [1.807, 2.05) is 30.5 Å². The summed E-state index contributed by atoms with van der Waals surface area (Å²) in [5.41, 5.74) is 2.24. The van der Waals surface area contributed by atoms with E-state index in [4.69, 9.17) is 0 Å². The highest BCUT2D eigenvalue weighted by Gasteiger charge is 2.09. The van der Waals surface area contributed by atoms with Crippen LogP contribution in [0, 0.1) is 0 Å². The summed E-state index contributed by atoms with van der Waals surface area (Å²) in [5.74, 6) is -0.103. The molecule has 2 rings (SSSR count). The van der Waals surface area contributed by atoms with Crippen molar-refractivity contribution in [2.24, 2.45) is 0 Å². The molecule has 0 aliphatic rings. The first-order valence-corrected chi connectivity index (χ1v) is 8.27. The summed E-state index contributed by atoms with van der Waals surface area (Å²) >= 11 is 1.59. The number of anilines is 1. The van der Waals surface area contributed by atoms with Gasteiger partial charge in [0.2, 0.25) is 5.91 Å². The van der Waals surface area contributed by atoms with Crippen molar-refractivity contribution in [2.45, 2.75) is 26.3 Å². The second-order valence-electron chi connectivity index (χ2n) is 4.90. The number of aryl methyl sites for hydroxylation is 1. The van der Waals surface area contributed by atoms with Gasteiger partial charge in [-0.1, -0.05) is 25.1 Å². The summed E-state index contributed by atoms with van der Waals surface area (Å²) in [4.78, 5) is 27.9. The van der Waals surface area contributed by atoms with Gasteiger partial charge in [0.15, 0.2) is 0 Å². The fourth-order valence-electron chi connectivity index (χ4n) is 1.99. The number of rotatable bonds is 6. The van der Waals surface area contributed by atoms with Crippen LogP contribution in [0.4, 0.5) is 10.5 Å². The molecule has 1 aromatic heterocycles. The van der Waals surface area contributed by atoms with E-state index in [0.717, 1.165) is 22.7 Å². The number of amides is 3. The average Bonchev–Trinajstić information content (AvgIpc) is 3.02. The molecular weight excluding hydrogens is 312 g/mol. The number of hydrogen-bond donors (Lipinski definition) is 3. The Kier molecular flexibility index (Phi) is 6.10. The van der Waals surface area contributed by atoms with E-state index < -0.39 is 0 Å².